The van der Waals surface area contributed by atoms with E-state index in [1.807, 2.05) is 0 Å². The second kappa shape index (κ2) is 2.71. The summed E-state index contributed by atoms with van der Waals surface area (Å²) in [5.74, 6) is -0.514. The summed E-state index contributed by atoms with van der Waals surface area (Å²) in [6, 6.07) is 4.61. The molecule has 0 unspecified atom stereocenters. The Bertz CT molecular complexity index is 510. The monoisotopic (exact) mass is 192 g/mol. The maximum Gasteiger partial charge on any atom is 0.141 e. The van der Waals surface area contributed by atoms with Crippen LogP contribution in [0.5, 0.6) is 0 Å². The van der Waals surface area contributed by atoms with E-state index >= 15 is 0 Å². The Morgan fingerprint density at radius 3 is 2.92 bits per heavy atom. The van der Waals surface area contributed by atoms with Gasteiger partial charge in [0.05, 0.1) is 11.3 Å². The Morgan fingerprint density at radius 2 is 2.23 bits per heavy atom. The number of fused-ring (bicyclic) bond motifs is 1. The standard InChI is InChI=1S/C9H5FN2S/c10-7-2-6-8(12)4-13-9(6)1-5(7)3-11/h1-2,4H,12H2. The van der Waals surface area contributed by atoms with Crippen molar-refractivity contribution < 1.29 is 4.39 Å². The number of nitrogens with zero attached hydrogens (tertiary/aromatic N) is 1. The van der Waals surface area contributed by atoms with Crippen LogP contribution in [0.15, 0.2) is 17.5 Å². The topological polar surface area (TPSA) is 49.8 Å². The molecule has 4 heteroatoms. The second-order valence-corrected chi connectivity index (χ2v) is 3.54. The van der Waals surface area contributed by atoms with Crippen molar-refractivity contribution in [3.05, 3.63) is 28.9 Å². The van der Waals surface area contributed by atoms with Gasteiger partial charge in [-0.2, -0.15) is 5.26 Å². The van der Waals surface area contributed by atoms with E-state index in [2.05, 4.69) is 0 Å². The van der Waals surface area contributed by atoms with Crippen LogP contribution in [0, 0.1) is 17.1 Å². The van der Waals surface area contributed by atoms with Crippen LogP contribution < -0.4 is 5.73 Å². The van der Waals surface area contributed by atoms with Crippen molar-refractivity contribution in [3.8, 4) is 6.07 Å². The third-order valence-corrected chi connectivity index (χ3v) is 2.78. The van der Waals surface area contributed by atoms with Gasteiger partial charge in [-0.1, -0.05) is 0 Å². The van der Waals surface area contributed by atoms with Crippen molar-refractivity contribution in [3.63, 3.8) is 0 Å². The molecule has 0 aliphatic heterocycles. The lowest BCUT2D eigenvalue weighted by molar-refractivity contribution is 0.626. The summed E-state index contributed by atoms with van der Waals surface area (Å²) in [7, 11) is 0. The number of thiophene rings is 1. The molecule has 0 aliphatic rings. The Balaban J connectivity index is 2.85. The molecule has 1 heterocycles. The number of benzene rings is 1. The van der Waals surface area contributed by atoms with Crippen LogP contribution in [0.1, 0.15) is 5.56 Å². The molecule has 0 atom stereocenters. The first kappa shape index (κ1) is 8.02. The highest BCUT2D eigenvalue weighted by atomic mass is 32.1. The highest BCUT2D eigenvalue weighted by Gasteiger charge is 2.07. The summed E-state index contributed by atoms with van der Waals surface area (Å²) in [6.07, 6.45) is 0. The fraction of sp³-hybridized carbons (Fsp3) is 0. The lowest BCUT2D eigenvalue weighted by atomic mass is 10.1. The predicted octanol–water partition coefficient (Wildman–Crippen LogP) is 2.49. The number of hydrogen-bond acceptors (Lipinski definition) is 3. The summed E-state index contributed by atoms with van der Waals surface area (Å²) >= 11 is 1.41. The van der Waals surface area contributed by atoms with Crippen LogP contribution in [0.25, 0.3) is 10.1 Å². The Hall–Kier alpha value is -1.60. The Morgan fingerprint density at radius 1 is 1.46 bits per heavy atom. The summed E-state index contributed by atoms with van der Waals surface area (Å²) in [5.41, 5.74) is 6.22. The molecule has 0 spiro atoms. The molecule has 2 N–H and O–H groups in total. The third kappa shape index (κ3) is 1.14. The minimum atomic E-state index is -0.514. The maximum absolute atomic E-state index is 13.1. The van der Waals surface area contributed by atoms with E-state index in [0.29, 0.717) is 11.1 Å². The van der Waals surface area contributed by atoms with Gasteiger partial charge in [-0.15, -0.1) is 11.3 Å². The van der Waals surface area contributed by atoms with E-state index in [1.54, 1.807) is 11.4 Å². The van der Waals surface area contributed by atoms with Gasteiger partial charge in [0.2, 0.25) is 0 Å². The van der Waals surface area contributed by atoms with Crippen LogP contribution in [-0.4, -0.2) is 0 Å². The fourth-order valence-electron chi connectivity index (χ4n) is 1.15. The van der Waals surface area contributed by atoms with E-state index in [9.17, 15) is 4.39 Å². The van der Waals surface area contributed by atoms with Gasteiger partial charge in [0, 0.05) is 15.5 Å². The summed E-state index contributed by atoms with van der Waals surface area (Å²) < 4.78 is 13.9. The number of anilines is 1. The van der Waals surface area contributed by atoms with Gasteiger partial charge in [0.25, 0.3) is 0 Å². The average molecular weight is 192 g/mol. The van der Waals surface area contributed by atoms with Gasteiger partial charge in [0.15, 0.2) is 0 Å². The van der Waals surface area contributed by atoms with Crippen LogP contribution in [-0.2, 0) is 0 Å². The van der Waals surface area contributed by atoms with Crippen LogP contribution >= 0.6 is 11.3 Å². The highest BCUT2D eigenvalue weighted by Crippen LogP contribution is 2.29. The molecule has 13 heavy (non-hydrogen) atoms. The lowest BCUT2D eigenvalue weighted by Crippen LogP contribution is -1.85. The largest absolute Gasteiger partial charge is 0.398 e. The summed E-state index contributed by atoms with van der Waals surface area (Å²) in [5, 5.41) is 11.0. The van der Waals surface area contributed by atoms with Gasteiger partial charge >= 0.3 is 0 Å². The number of nitriles is 1. The molecule has 1 aromatic carbocycles. The van der Waals surface area contributed by atoms with Gasteiger partial charge in [0.1, 0.15) is 11.9 Å². The van der Waals surface area contributed by atoms with Gasteiger partial charge < -0.3 is 5.73 Å². The Labute approximate surface area is 78.0 Å². The summed E-state index contributed by atoms with van der Waals surface area (Å²) in [6.45, 7) is 0. The first-order valence-electron chi connectivity index (χ1n) is 3.58. The van der Waals surface area contributed by atoms with Crippen molar-refractivity contribution in [2.24, 2.45) is 0 Å². The number of halogens is 1. The summed E-state index contributed by atoms with van der Waals surface area (Å²) in [4.78, 5) is 0. The van der Waals surface area contributed by atoms with Crippen molar-refractivity contribution in [1.29, 1.82) is 5.26 Å². The predicted molar refractivity (Wildman–Crippen MR) is 50.9 cm³/mol. The number of rotatable bonds is 0. The van der Waals surface area contributed by atoms with Crippen LogP contribution in [0.2, 0.25) is 0 Å². The van der Waals surface area contributed by atoms with E-state index in [-0.39, 0.29) is 5.56 Å². The number of nitrogen functional groups attached to an aromatic ring is 1. The molecule has 0 saturated heterocycles. The molecule has 2 aromatic rings. The minimum absolute atomic E-state index is 0.0642. The molecule has 0 aliphatic carbocycles. The molecule has 0 amide bonds. The zero-order valence-corrected chi connectivity index (χ0v) is 7.36. The quantitative estimate of drug-likeness (QED) is 0.697. The minimum Gasteiger partial charge on any atom is -0.398 e. The maximum atomic E-state index is 13.1. The third-order valence-electron chi connectivity index (χ3n) is 1.81. The first-order chi connectivity index (χ1) is 6.22. The zero-order valence-electron chi connectivity index (χ0n) is 6.54. The fourth-order valence-corrected chi connectivity index (χ4v) is 2.02. The first-order valence-corrected chi connectivity index (χ1v) is 4.46. The second-order valence-electron chi connectivity index (χ2n) is 2.63. The lowest BCUT2D eigenvalue weighted by Gasteiger charge is -1.94. The molecule has 0 fully saturated rings. The van der Waals surface area contributed by atoms with Crippen LogP contribution in [0.4, 0.5) is 10.1 Å². The van der Waals surface area contributed by atoms with Crippen molar-refractivity contribution in [2.45, 2.75) is 0 Å². The van der Waals surface area contributed by atoms with Gasteiger partial charge in [-0.3, -0.25) is 0 Å². The van der Waals surface area contributed by atoms with E-state index in [1.165, 1.54) is 23.5 Å². The average Bonchev–Trinajstić information content (AvgIpc) is 2.47. The number of hydrogen-bond donors (Lipinski definition) is 1. The van der Waals surface area contributed by atoms with Crippen molar-refractivity contribution in [1.82, 2.24) is 0 Å². The molecule has 2 rings (SSSR count). The molecular weight excluding hydrogens is 187 g/mol. The Kier molecular flexibility index (Phi) is 1.67. The van der Waals surface area contributed by atoms with Crippen LogP contribution in [0.3, 0.4) is 0 Å². The molecule has 0 bridgehead atoms. The smallest absolute Gasteiger partial charge is 0.141 e. The van der Waals surface area contributed by atoms with Crippen molar-refractivity contribution in [2.75, 3.05) is 5.73 Å². The van der Waals surface area contributed by atoms with E-state index < -0.39 is 5.82 Å². The molecule has 64 valence electrons. The SMILES string of the molecule is N#Cc1cc2scc(N)c2cc1F. The van der Waals surface area contributed by atoms with Gasteiger partial charge in [-0.05, 0) is 12.1 Å². The van der Waals surface area contributed by atoms with E-state index in [4.69, 9.17) is 11.0 Å². The highest BCUT2D eigenvalue weighted by molar-refractivity contribution is 7.17. The molecule has 0 saturated carbocycles. The molecule has 2 nitrogen and oxygen atoms in total. The molecule has 1 aromatic heterocycles. The zero-order chi connectivity index (χ0) is 9.42. The van der Waals surface area contributed by atoms with E-state index in [0.717, 1.165) is 4.70 Å². The molecule has 0 radical (unpaired) electrons. The normalized spacial score (nSPS) is 10.2. The van der Waals surface area contributed by atoms with Gasteiger partial charge in [-0.25, -0.2) is 4.39 Å². The number of nitrogens with two attached hydrogens (primary N) is 1. The van der Waals surface area contributed by atoms with Crippen molar-refractivity contribution >= 4 is 27.1 Å². The molecular formula is C9H5FN2S.